The highest BCUT2D eigenvalue weighted by Crippen LogP contribution is 2.30. The molecule has 4 aromatic rings. The van der Waals surface area contributed by atoms with Gasteiger partial charge in [0.2, 0.25) is 5.16 Å². The molecule has 0 N–H and O–H groups in total. The van der Waals surface area contributed by atoms with Gasteiger partial charge in [0, 0.05) is 16.7 Å². The Hall–Kier alpha value is -3.19. The fraction of sp³-hybridized carbons (Fsp3) is 0.182. The molecule has 6 nitrogen and oxygen atoms in total. The van der Waals surface area contributed by atoms with Crippen molar-refractivity contribution in [2.75, 3.05) is 5.75 Å². The first-order valence-corrected chi connectivity index (χ1v) is 10.3. The maximum absolute atomic E-state index is 12.7. The largest absolute Gasteiger partial charge is 0.472 e. The van der Waals surface area contributed by atoms with Crippen LogP contribution in [0.3, 0.4) is 0 Å². The first kappa shape index (κ1) is 17.9. The van der Waals surface area contributed by atoms with Crippen LogP contribution in [0.4, 0.5) is 0 Å². The van der Waals surface area contributed by atoms with Crippen LogP contribution in [0.2, 0.25) is 0 Å². The molecule has 0 atom stereocenters. The summed E-state index contributed by atoms with van der Waals surface area (Å²) in [4.78, 5) is 17.3. The van der Waals surface area contributed by atoms with Gasteiger partial charge in [-0.2, -0.15) is 0 Å². The maximum atomic E-state index is 12.7. The van der Waals surface area contributed by atoms with Gasteiger partial charge in [0.15, 0.2) is 5.78 Å². The highest BCUT2D eigenvalue weighted by atomic mass is 32.2. The van der Waals surface area contributed by atoms with E-state index in [1.807, 2.05) is 18.2 Å². The molecule has 144 valence electrons. The Balaban J connectivity index is 1.38. The highest BCUT2D eigenvalue weighted by molar-refractivity contribution is 7.99. The van der Waals surface area contributed by atoms with Crippen molar-refractivity contribution in [2.24, 2.45) is 0 Å². The Morgan fingerprint density at radius 3 is 2.45 bits per heavy atom. The monoisotopic (exact) mass is 403 g/mol. The van der Waals surface area contributed by atoms with E-state index < -0.39 is 0 Å². The Kier molecular flexibility index (Phi) is 4.73. The molecule has 7 heteroatoms. The molecule has 0 saturated carbocycles. The number of rotatable bonds is 6. The van der Waals surface area contributed by atoms with Gasteiger partial charge in [-0.05, 0) is 48.6 Å². The van der Waals surface area contributed by atoms with Crippen LogP contribution < -0.4 is 0 Å². The molecule has 0 spiro atoms. The molecule has 29 heavy (non-hydrogen) atoms. The first-order valence-electron chi connectivity index (χ1n) is 9.35. The summed E-state index contributed by atoms with van der Waals surface area (Å²) in [7, 11) is 0. The smallest absolute Gasteiger partial charge is 0.210 e. The van der Waals surface area contributed by atoms with Crippen molar-refractivity contribution in [3.05, 3.63) is 72.1 Å². The Bertz CT molecular complexity index is 1150. The molecule has 0 amide bonds. The molecular formula is C22H17N3O3S. The minimum Gasteiger partial charge on any atom is -0.472 e. The van der Waals surface area contributed by atoms with Crippen LogP contribution in [0.25, 0.3) is 22.5 Å². The minimum atomic E-state index is 0.0667. The van der Waals surface area contributed by atoms with Crippen LogP contribution in [0, 0.1) is 0 Å². The van der Waals surface area contributed by atoms with Gasteiger partial charge in [-0.3, -0.25) is 4.79 Å². The number of thioether (sulfide) groups is 1. The second-order valence-corrected chi connectivity index (χ2v) is 7.81. The van der Waals surface area contributed by atoms with E-state index in [0.29, 0.717) is 16.5 Å². The number of nitrogens with zero attached hydrogens (tertiary/aromatic N) is 3. The first-order chi connectivity index (χ1) is 14.3. The molecule has 3 aromatic heterocycles. The van der Waals surface area contributed by atoms with Crippen molar-refractivity contribution in [3.63, 3.8) is 0 Å². The topological polar surface area (TPSA) is 82.0 Å². The van der Waals surface area contributed by atoms with Gasteiger partial charge in [-0.1, -0.05) is 23.9 Å². The quantitative estimate of drug-likeness (QED) is 0.336. The molecular weight excluding hydrogens is 386 g/mol. The SMILES string of the molecule is O=C(CSc1nnc(-c2ccoc2)c(-c2ccoc2)n1)c1ccc2c(c1)CCC2. The van der Waals surface area contributed by atoms with E-state index >= 15 is 0 Å². The summed E-state index contributed by atoms with van der Waals surface area (Å²) >= 11 is 1.29. The maximum Gasteiger partial charge on any atom is 0.210 e. The van der Waals surface area contributed by atoms with Crippen LogP contribution in [-0.4, -0.2) is 26.7 Å². The molecule has 3 heterocycles. The van der Waals surface area contributed by atoms with Crippen molar-refractivity contribution in [3.8, 4) is 22.5 Å². The summed E-state index contributed by atoms with van der Waals surface area (Å²) in [5.74, 6) is 0.327. The lowest BCUT2D eigenvalue weighted by atomic mass is 10.0. The van der Waals surface area contributed by atoms with E-state index in [9.17, 15) is 4.79 Å². The second kappa shape index (κ2) is 7.67. The Morgan fingerprint density at radius 2 is 1.69 bits per heavy atom. The van der Waals surface area contributed by atoms with Gasteiger partial charge in [0.25, 0.3) is 0 Å². The molecule has 1 aliphatic carbocycles. The summed E-state index contributed by atoms with van der Waals surface area (Å²) in [5, 5.41) is 8.98. The Morgan fingerprint density at radius 1 is 0.931 bits per heavy atom. The molecule has 1 aromatic carbocycles. The van der Waals surface area contributed by atoms with E-state index in [4.69, 9.17) is 8.83 Å². The lowest BCUT2D eigenvalue weighted by Crippen LogP contribution is -2.05. The van der Waals surface area contributed by atoms with Crippen molar-refractivity contribution >= 4 is 17.5 Å². The highest BCUT2D eigenvalue weighted by Gasteiger charge is 2.18. The van der Waals surface area contributed by atoms with E-state index in [-0.39, 0.29) is 11.5 Å². The van der Waals surface area contributed by atoms with Gasteiger partial charge in [0.1, 0.15) is 11.4 Å². The number of carbonyl (C=O) groups excluding carboxylic acids is 1. The summed E-state index contributed by atoms with van der Waals surface area (Å²) in [5.41, 5.74) is 6.23. The molecule has 1 aliphatic rings. The van der Waals surface area contributed by atoms with Gasteiger partial charge in [-0.15, -0.1) is 10.2 Å². The third kappa shape index (κ3) is 3.61. The Labute approximate surface area is 171 Å². The number of benzene rings is 1. The van der Waals surface area contributed by atoms with Gasteiger partial charge < -0.3 is 8.83 Å². The second-order valence-electron chi connectivity index (χ2n) is 6.86. The summed E-state index contributed by atoms with van der Waals surface area (Å²) in [6.45, 7) is 0. The van der Waals surface area contributed by atoms with Crippen molar-refractivity contribution < 1.29 is 13.6 Å². The fourth-order valence-corrected chi connectivity index (χ4v) is 4.21. The van der Waals surface area contributed by atoms with E-state index in [1.165, 1.54) is 29.3 Å². The normalized spacial score (nSPS) is 12.8. The molecule has 0 aliphatic heterocycles. The standard InChI is InChI=1S/C22H17N3O3S/c26-19(16-5-4-14-2-1-3-15(14)10-16)13-29-22-23-20(17-6-8-27-11-17)21(24-25-22)18-7-9-28-12-18/h4-12H,1-3,13H2. The zero-order valence-electron chi connectivity index (χ0n) is 15.5. The van der Waals surface area contributed by atoms with Crippen LogP contribution in [0.5, 0.6) is 0 Å². The van der Waals surface area contributed by atoms with Crippen LogP contribution in [0.15, 0.2) is 69.4 Å². The van der Waals surface area contributed by atoms with Crippen LogP contribution >= 0.6 is 11.8 Å². The number of hydrogen-bond donors (Lipinski definition) is 0. The molecule has 0 fully saturated rings. The lowest BCUT2D eigenvalue weighted by Gasteiger charge is -2.07. The number of hydrogen-bond acceptors (Lipinski definition) is 7. The molecule has 0 bridgehead atoms. The van der Waals surface area contributed by atoms with E-state index in [2.05, 4.69) is 21.2 Å². The van der Waals surface area contributed by atoms with Gasteiger partial charge >= 0.3 is 0 Å². The summed E-state index contributed by atoms with van der Waals surface area (Å²) in [6, 6.07) is 9.65. The predicted molar refractivity (Wildman–Crippen MR) is 109 cm³/mol. The number of carbonyl (C=O) groups is 1. The zero-order valence-corrected chi connectivity index (χ0v) is 16.3. The minimum absolute atomic E-state index is 0.0667. The van der Waals surface area contributed by atoms with E-state index in [0.717, 1.165) is 29.5 Å². The predicted octanol–water partition coefficient (Wildman–Crippen LogP) is 4.86. The van der Waals surface area contributed by atoms with Crippen molar-refractivity contribution in [1.29, 1.82) is 0 Å². The number of ketones is 1. The van der Waals surface area contributed by atoms with Gasteiger partial charge in [-0.25, -0.2) is 4.98 Å². The lowest BCUT2D eigenvalue weighted by molar-refractivity contribution is 0.102. The third-order valence-electron chi connectivity index (χ3n) is 5.01. The fourth-order valence-electron chi connectivity index (χ4n) is 3.53. The van der Waals surface area contributed by atoms with Crippen molar-refractivity contribution in [2.45, 2.75) is 24.4 Å². The number of Topliss-reactive ketones (excluding diaryl/α,β-unsaturated/α-hetero) is 1. The molecule has 5 rings (SSSR count). The molecule has 0 radical (unpaired) electrons. The number of fused-ring (bicyclic) bond motifs is 1. The number of aromatic nitrogens is 3. The summed E-state index contributed by atoms with van der Waals surface area (Å²) < 4.78 is 10.4. The zero-order chi connectivity index (χ0) is 19.6. The van der Waals surface area contributed by atoms with E-state index in [1.54, 1.807) is 31.1 Å². The molecule has 0 saturated heterocycles. The molecule has 0 unspecified atom stereocenters. The number of aryl methyl sites for hydroxylation is 2. The average Bonchev–Trinajstić information content (AvgIpc) is 3.53. The van der Waals surface area contributed by atoms with Gasteiger partial charge in [0.05, 0.1) is 30.8 Å². The summed E-state index contributed by atoms with van der Waals surface area (Å²) in [6.07, 6.45) is 9.70. The van der Waals surface area contributed by atoms with Crippen molar-refractivity contribution in [1.82, 2.24) is 15.2 Å². The number of furan rings is 2. The van der Waals surface area contributed by atoms with Crippen LogP contribution in [-0.2, 0) is 12.8 Å². The van der Waals surface area contributed by atoms with Crippen LogP contribution in [0.1, 0.15) is 27.9 Å². The average molecular weight is 403 g/mol. The third-order valence-corrected chi connectivity index (χ3v) is 5.85.